The average Bonchev–Trinajstić information content (AvgIpc) is 2.70. The first-order valence-electron chi connectivity index (χ1n) is 9.72. The molecule has 27 heavy (non-hydrogen) atoms. The normalized spacial score (nSPS) is 24.9. The predicted molar refractivity (Wildman–Crippen MR) is 102 cm³/mol. The van der Waals surface area contributed by atoms with Crippen LogP contribution in [-0.2, 0) is 14.8 Å². The fourth-order valence-corrected chi connectivity index (χ4v) is 5.51. The van der Waals surface area contributed by atoms with Gasteiger partial charge in [0.05, 0.1) is 16.5 Å². The Balaban J connectivity index is 1.57. The number of nitriles is 1. The number of carbonyl (C=O) groups is 1. The molecule has 1 heterocycles. The molecule has 0 radical (unpaired) electrons. The predicted octanol–water partition coefficient (Wildman–Crippen LogP) is 2.65. The molecule has 1 aromatic rings. The molecule has 1 aliphatic carbocycles. The van der Waals surface area contributed by atoms with Crippen LogP contribution in [0.4, 0.5) is 0 Å². The Labute approximate surface area is 161 Å². The van der Waals surface area contributed by atoms with Crippen molar-refractivity contribution in [1.29, 1.82) is 5.26 Å². The molecular weight excluding hydrogens is 362 g/mol. The van der Waals surface area contributed by atoms with E-state index in [0.717, 1.165) is 19.3 Å². The van der Waals surface area contributed by atoms with Crippen molar-refractivity contribution in [3.63, 3.8) is 0 Å². The van der Waals surface area contributed by atoms with Gasteiger partial charge in [-0.05, 0) is 55.9 Å². The van der Waals surface area contributed by atoms with E-state index < -0.39 is 10.0 Å². The highest BCUT2D eigenvalue weighted by Gasteiger charge is 2.33. The Bertz CT molecular complexity index is 806. The van der Waals surface area contributed by atoms with Gasteiger partial charge in [-0.3, -0.25) is 4.79 Å². The number of nitrogens with zero attached hydrogens (tertiary/aromatic N) is 2. The molecule has 2 fully saturated rings. The van der Waals surface area contributed by atoms with E-state index in [0.29, 0.717) is 37.4 Å². The molecule has 1 N–H and O–H groups in total. The van der Waals surface area contributed by atoms with Crippen molar-refractivity contribution >= 4 is 15.9 Å². The minimum absolute atomic E-state index is 0.0733. The van der Waals surface area contributed by atoms with E-state index in [9.17, 15) is 13.2 Å². The summed E-state index contributed by atoms with van der Waals surface area (Å²) in [5, 5.41) is 12.0. The summed E-state index contributed by atoms with van der Waals surface area (Å²) in [7, 11) is -3.58. The van der Waals surface area contributed by atoms with Crippen molar-refractivity contribution in [1.82, 2.24) is 9.62 Å². The molecule has 0 spiro atoms. The molecule has 1 aromatic carbocycles. The van der Waals surface area contributed by atoms with Gasteiger partial charge in [-0.25, -0.2) is 8.42 Å². The van der Waals surface area contributed by atoms with Gasteiger partial charge in [0.15, 0.2) is 0 Å². The molecule has 6 nitrogen and oxygen atoms in total. The van der Waals surface area contributed by atoms with E-state index in [-0.39, 0.29) is 22.8 Å². The van der Waals surface area contributed by atoms with Crippen molar-refractivity contribution in [3.8, 4) is 6.07 Å². The summed E-state index contributed by atoms with van der Waals surface area (Å²) >= 11 is 0. The lowest BCUT2D eigenvalue weighted by molar-refractivity contribution is -0.127. The lowest BCUT2D eigenvalue weighted by Crippen LogP contribution is -2.47. The molecule has 7 heteroatoms. The standard InChI is InChI=1S/C20H27N3O3S/c1-15-4-2-3-5-19(15)22-20(24)17-10-12-23(13-11-17)27(25,26)18-8-6-16(14-21)7-9-18/h6-9,15,17,19H,2-5,10-13H2,1H3,(H,22,24)/t15-,19+/m1/s1. The van der Waals surface area contributed by atoms with Crippen LogP contribution >= 0.6 is 0 Å². The summed E-state index contributed by atoms with van der Waals surface area (Å²) in [4.78, 5) is 12.8. The third kappa shape index (κ3) is 4.50. The molecule has 2 aliphatic rings. The van der Waals surface area contributed by atoms with Gasteiger partial charge in [0.25, 0.3) is 0 Å². The van der Waals surface area contributed by atoms with Crippen LogP contribution in [0.1, 0.15) is 51.0 Å². The molecular formula is C20H27N3O3S. The fraction of sp³-hybridized carbons (Fsp3) is 0.600. The Kier molecular flexibility index (Phi) is 6.18. The number of piperidine rings is 1. The van der Waals surface area contributed by atoms with Crippen molar-refractivity contribution in [3.05, 3.63) is 29.8 Å². The van der Waals surface area contributed by atoms with Crippen LogP contribution < -0.4 is 5.32 Å². The minimum Gasteiger partial charge on any atom is -0.353 e. The van der Waals surface area contributed by atoms with Crippen LogP contribution in [0.5, 0.6) is 0 Å². The van der Waals surface area contributed by atoms with E-state index in [1.54, 1.807) is 0 Å². The number of hydrogen-bond acceptors (Lipinski definition) is 4. The van der Waals surface area contributed by atoms with Crippen molar-refractivity contribution in [2.75, 3.05) is 13.1 Å². The van der Waals surface area contributed by atoms with E-state index in [4.69, 9.17) is 5.26 Å². The second kappa shape index (κ2) is 8.41. The van der Waals surface area contributed by atoms with Crippen molar-refractivity contribution in [2.45, 2.75) is 56.4 Å². The van der Waals surface area contributed by atoms with Gasteiger partial charge in [-0.15, -0.1) is 0 Å². The van der Waals surface area contributed by atoms with Crippen LogP contribution in [-0.4, -0.2) is 37.8 Å². The number of carbonyl (C=O) groups excluding carboxylic acids is 1. The second-order valence-corrected chi connectivity index (χ2v) is 9.63. The van der Waals surface area contributed by atoms with Crippen LogP contribution in [0.25, 0.3) is 0 Å². The summed E-state index contributed by atoms with van der Waals surface area (Å²) in [6.45, 7) is 2.89. The summed E-state index contributed by atoms with van der Waals surface area (Å²) in [6.07, 6.45) is 5.69. The third-order valence-corrected chi connectivity index (χ3v) is 7.80. The molecule has 0 bridgehead atoms. The first-order chi connectivity index (χ1) is 12.9. The number of benzene rings is 1. The lowest BCUT2D eigenvalue weighted by atomic mass is 9.85. The molecule has 0 aromatic heterocycles. The molecule has 1 amide bonds. The number of amides is 1. The third-order valence-electron chi connectivity index (χ3n) is 5.89. The van der Waals surface area contributed by atoms with Crippen LogP contribution in [0.2, 0.25) is 0 Å². The van der Waals surface area contributed by atoms with Gasteiger partial charge < -0.3 is 5.32 Å². The summed E-state index contributed by atoms with van der Waals surface area (Å²) in [6, 6.07) is 8.21. The SMILES string of the molecule is C[C@@H]1CCCC[C@@H]1NC(=O)C1CCN(S(=O)(=O)c2ccc(C#N)cc2)CC1. The lowest BCUT2D eigenvalue weighted by Gasteiger charge is -2.34. The molecule has 1 aliphatic heterocycles. The van der Waals surface area contributed by atoms with Gasteiger partial charge in [0.1, 0.15) is 0 Å². The summed E-state index contributed by atoms with van der Waals surface area (Å²) in [5.41, 5.74) is 0.432. The number of sulfonamides is 1. The van der Waals surface area contributed by atoms with Crippen molar-refractivity contribution in [2.24, 2.45) is 11.8 Å². The highest BCUT2D eigenvalue weighted by Crippen LogP contribution is 2.27. The second-order valence-electron chi connectivity index (χ2n) is 7.69. The summed E-state index contributed by atoms with van der Waals surface area (Å²) in [5.74, 6) is 0.468. The molecule has 1 saturated carbocycles. The van der Waals surface area contributed by atoms with Crippen LogP contribution in [0, 0.1) is 23.2 Å². The topological polar surface area (TPSA) is 90.3 Å². The first kappa shape index (κ1) is 19.8. The first-order valence-corrected chi connectivity index (χ1v) is 11.2. The zero-order chi connectivity index (χ0) is 19.4. The fourth-order valence-electron chi connectivity index (χ4n) is 4.04. The Morgan fingerprint density at radius 3 is 2.33 bits per heavy atom. The van der Waals surface area contributed by atoms with Gasteiger partial charge in [-0.1, -0.05) is 19.8 Å². The highest BCUT2D eigenvalue weighted by molar-refractivity contribution is 7.89. The molecule has 0 unspecified atom stereocenters. The highest BCUT2D eigenvalue weighted by atomic mass is 32.2. The number of hydrogen-bond donors (Lipinski definition) is 1. The van der Waals surface area contributed by atoms with Gasteiger partial charge >= 0.3 is 0 Å². The maximum atomic E-state index is 12.8. The number of nitrogens with one attached hydrogen (secondary N) is 1. The quantitative estimate of drug-likeness (QED) is 0.857. The maximum Gasteiger partial charge on any atom is 0.243 e. The molecule has 2 atom stereocenters. The average molecular weight is 390 g/mol. The van der Waals surface area contributed by atoms with E-state index in [1.165, 1.54) is 35.0 Å². The van der Waals surface area contributed by atoms with E-state index in [1.807, 2.05) is 6.07 Å². The zero-order valence-electron chi connectivity index (χ0n) is 15.7. The number of rotatable bonds is 4. The smallest absolute Gasteiger partial charge is 0.243 e. The van der Waals surface area contributed by atoms with Crippen LogP contribution in [0.15, 0.2) is 29.2 Å². The maximum absolute atomic E-state index is 12.8. The van der Waals surface area contributed by atoms with Gasteiger partial charge in [-0.2, -0.15) is 9.57 Å². The van der Waals surface area contributed by atoms with Gasteiger partial charge in [0.2, 0.25) is 15.9 Å². The Hall–Kier alpha value is -1.91. The summed E-state index contributed by atoms with van der Waals surface area (Å²) < 4.78 is 27.0. The Morgan fingerprint density at radius 1 is 1.11 bits per heavy atom. The molecule has 1 saturated heterocycles. The zero-order valence-corrected chi connectivity index (χ0v) is 16.5. The Morgan fingerprint density at radius 2 is 1.74 bits per heavy atom. The van der Waals surface area contributed by atoms with E-state index >= 15 is 0 Å². The molecule has 3 rings (SSSR count). The van der Waals surface area contributed by atoms with Crippen molar-refractivity contribution < 1.29 is 13.2 Å². The van der Waals surface area contributed by atoms with E-state index in [2.05, 4.69) is 12.2 Å². The van der Waals surface area contributed by atoms with Gasteiger partial charge in [0, 0.05) is 25.0 Å². The monoisotopic (exact) mass is 389 g/mol. The van der Waals surface area contributed by atoms with Crippen LogP contribution in [0.3, 0.4) is 0 Å². The largest absolute Gasteiger partial charge is 0.353 e. The minimum atomic E-state index is -3.58. The molecule has 146 valence electrons.